The molecule has 0 rings (SSSR count). The molecule has 0 saturated carbocycles. The molecular formula is C15H27NbO6. The number of carboxylic acids is 3. The molecule has 3 atom stereocenters. The topological polar surface area (TPSA) is 120 Å². The van der Waals surface area contributed by atoms with E-state index in [0.717, 1.165) is 0 Å². The second-order valence-corrected chi connectivity index (χ2v) is 4.88. The molecule has 0 aromatic carbocycles. The monoisotopic (exact) mass is 396 g/mol. The summed E-state index contributed by atoms with van der Waals surface area (Å²) in [7, 11) is 0. The third-order valence-corrected chi connectivity index (χ3v) is 3.04. The van der Waals surface area contributed by atoms with E-state index in [9.17, 15) is 29.7 Å². The van der Waals surface area contributed by atoms with Gasteiger partial charge >= 0.3 is 22.4 Å². The van der Waals surface area contributed by atoms with E-state index in [1.54, 1.807) is 20.8 Å². The molecule has 0 spiro atoms. The van der Waals surface area contributed by atoms with Crippen molar-refractivity contribution in [1.82, 2.24) is 0 Å². The van der Waals surface area contributed by atoms with Gasteiger partial charge in [-0.2, -0.15) is 0 Å². The molecule has 0 saturated heterocycles. The minimum atomic E-state index is -0.956. The fourth-order valence-electron chi connectivity index (χ4n) is 0.500. The van der Waals surface area contributed by atoms with E-state index in [4.69, 9.17) is 0 Å². The van der Waals surface area contributed by atoms with Gasteiger partial charge in [0.25, 0.3) is 0 Å². The second-order valence-electron chi connectivity index (χ2n) is 4.88. The average molecular weight is 396 g/mol. The predicted octanol–water partition coefficient (Wildman–Crippen LogP) is -0.655. The molecule has 0 radical (unpaired) electrons. The first-order valence-electron chi connectivity index (χ1n) is 7.17. The van der Waals surface area contributed by atoms with Crippen LogP contribution in [0.3, 0.4) is 0 Å². The predicted molar refractivity (Wildman–Crippen MR) is 73.4 cm³/mol. The molecular weight excluding hydrogens is 369 g/mol. The van der Waals surface area contributed by atoms with Gasteiger partial charge in [0.1, 0.15) is 0 Å². The van der Waals surface area contributed by atoms with Crippen molar-refractivity contribution in [2.45, 2.75) is 60.8 Å². The Kier molecular flexibility index (Phi) is 24.2. The van der Waals surface area contributed by atoms with E-state index in [1.807, 2.05) is 20.8 Å². The van der Waals surface area contributed by atoms with Gasteiger partial charge in [-0.15, -0.1) is 0 Å². The summed E-state index contributed by atoms with van der Waals surface area (Å²) in [5.74, 6) is -3.74. The van der Waals surface area contributed by atoms with Gasteiger partial charge in [-0.25, -0.2) is 0 Å². The van der Waals surface area contributed by atoms with E-state index in [2.05, 4.69) is 0 Å². The Bertz CT molecular complexity index is 259. The first-order valence-corrected chi connectivity index (χ1v) is 7.17. The van der Waals surface area contributed by atoms with Crippen molar-refractivity contribution in [3.8, 4) is 0 Å². The third kappa shape index (κ3) is 21.4. The summed E-state index contributed by atoms with van der Waals surface area (Å²) in [6.45, 7) is 10.4. The van der Waals surface area contributed by atoms with E-state index in [0.29, 0.717) is 19.3 Å². The zero-order chi connectivity index (χ0) is 17.6. The van der Waals surface area contributed by atoms with Crippen LogP contribution in [0, 0.1) is 17.8 Å². The van der Waals surface area contributed by atoms with Gasteiger partial charge < -0.3 is 29.7 Å². The van der Waals surface area contributed by atoms with Gasteiger partial charge in [0.2, 0.25) is 0 Å². The molecule has 7 heteroatoms. The Balaban J connectivity index is -0.000000108. The van der Waals surface area contributed by atoms with Gasteiger partial charge in [-0.1, -0.05) is 41.5 Å². The minimum absolute atomic E-state index is 0. The molecule has 0 fully saturated rings. The van der Waals surface area contributed by atoms with Crippen LogP contribution in [0.2, 0.25) is 0 Å². The van der Waals surface area contributed by atoms with E-state index in [1.165, 1.54) is 0 Å². The smallest absolute Gasteiger partial charge is 0.550 e. The summed E-state index contributed by atoms with van der Waals surface area (Å²) in [5.41, 5.74) is 0. The fraction of sp³-hybridized carbons (Fsp3) is 0.800. The number of aliphatic carboxylic acids is 3. The molecule has 0 aromatic heterocycles. The van der Waals surface area contributed by atoms with Gasteiger partial charge in [-0.3, -0.25) is 0 Å². The average Bonchev–Trinajstić information content (AvgIpc) is 2.45. The van der Waals surface area contributed by atoms with Crippen molar-refractivity contribution in [1.29, 1.82) is 0 Å². The standard InChI is InChI=1S/3C5H10O2.Nb/c3*1-3-4(2)5(6)7;/h3*4H,3H2,1-2H3,(H,6,7);/q;;;+3/p-3. The number of carboxylic acid groups (broad SMARTS) is 3. The maximum absolute atomic E-state index is 9.82. The zero-order valence-electron chi connectivity index (χ0n) is 14.3. The van der Waals surface area contributed by atoms with Crippen LogP contribution >= 0.6 is 0 Å². The van der Waals surface area contributed by atoms with E-state index in [-0.39, 0.29) is 40.1 Å². The zero-order valence-corrected chi connectivity index (χ0v) is 16.4. The van der Waals surface area contributed by atoms with Gasteiger partial charge in [0.05, 0.1) is 0 Å². The molecule has 128 valence electrons. The van der Waals surface area contributed by atoms with Crippen LogP contribution in [-0.4, -0.2) is 17.9 Å². The summed E-state index contributed by atoms with van der Waals surface area (Å²) < 4.78 is 0. The fourth-order valence-corrected chi connectivity index (χ4v) is 0.500. The van der Waals surface area contributed by atoms with Crippen LogP contribution in [0.5, 0.6) is 0 Å². The van der Waals surface area contributed by atoms with E-state index < -0.39 is 17.9 Å². The first-order chi connectivity index (χ1) is 9.54. The number of carbonyl (C=O) groups is 3. The number of rotatable bonds is 6. The Morgan fingerprint density at radius 1 is 0.636 bits per heavy atom. The second kappa shape index (κ2) is 18.2. The van der Waals surface area contributed by atoms with Crippen LogP contribution in [0.15, 0.2) is 0 Å². The number of hydrogen-bond acceptors (Lipinski definition) is 6. The number of hydrogen-bond donors (Lipinski definition) is 0. The van der Waals surface area contributed by atoms with Crippen molar-refractivity contribution in [2.24, 2.45) is 17.8 Å². The quantitative estimate of drug-likeness (QED) is 0.550. The summed E-state index contributed by atoms with van der Waals surface area (Å²) in [4.78, 5) is 29.5. The molecule has 0 aliphatic heterocycles. The molecule has 0 aliphatic rings. The Morgan fingerprint density at radius 2 is 0.773 bits per heavy atom. The molecule has 0 aliphatic carbocycles. The minimum Gasteiger partial charge on any atom is -0.550 e. The molecule has 22 heavy (non-hydrogen) atoms. The van der Waals surface area contributed by atoms with Crippen molar-refractivity contribution in [2.75, 3.05) is 0 Å². The molecule has 6 nitrogen and oxygen atoms in total. The summed E-state index contributed by atoms with van der Waals surface area (Å²) >= 11 is 0. The van der Waals surface area contributed by atoms with Gasteiger partial charge in [0.15, 0.2) is 0 Å². The first kappa shape index (κ1) is 29.2. The Hall–Kier alpha value is -0.850. The van der Waals surface area contributed by atoms with Crippen molar-refractivity contribution in [3.63, 3.8) is 0 Å². The maximum Gasteiger partial charge on any atom is 3.00 e. The summed E-state index contributed by atoms with van der Waals surface area (Å²) in [5, 5.41) is 29.5. The van der Waals surface area contributed by atoms with Crippen molar-refractivity contribution < 1.29 is 52.1 Å². The molecule has 0 aromatic rings. The number of carbonyl (C=O) groups excluding carboxylic acids is 3. The molecule has 3 unspecified atom stereocenters. The van der Waals surface area contributed by atoms with Crippen molar-refractivity contribution in [3.05, 3.63) is 0 Å². The largest absolute Gasteiger partial charge is 3.00 e. The summed E-state index contributed by atoms with van der Waals surface area (Å²) in [6.07, 6.45) is 1.97. The summed E-state index contributed by atoms with van der Waals surface area (Å²) in [6, 6.07) is 0. The Morgan fingerprint density at radius 3 is 0.773 bits per heavy atom. The van der Waals surface area contributed by atoms with Crippen LogP contribution in [-0.2, 0) is 36.8 Å². The van der Waals surface area contributed by atoms with Crippen molar-refractivity contribution >= 4 is 17.9 Å². The van der Waals surface area contributed by atoms with Crippen LogP contribution in [0.4, 0.5) is 0 Å². The maximum atomic E-state index is 9.82. The van der Waals surface area contributed by atoms with Crippen LogP contribution < -0.4 is 15.3 Å². The van der Waals surface area contributed by atoms with Crippen LogP contribution in [0.25, 0.3) is 0 Å². The SMILES string of the molecule is CCC(C)C(=O)[O-].CCC(C)C(=O)[O-].CCC(C)C(=O)[O-].[Nb+3]. The van der Waals surface area contributed by atoms with Crippen LogP contribution in [0.1, 0.15) is 60.8 Å². The molecule has 0 heterocycles. The molecule has 0 amide bonds. The van der Waals surface area contributed by atoms with Gasteiger partial charge in [-0.05, 0) is 37.0 Å². The Labute approximate surface area is 148 Å². The van der Waals surface area contributed by atoms with Gasteiger partial charge in [0, 0.05) is 17.9 Å². The molecule has 0 bridgehead atoms. The third-order valence-electron chi connectivity index (χ3n) is 3.04. The molecule has 0 N–H and O–H groups in total. The normalized spacial score (nSPS) is 12.8. The van der Waals surface area contributed by atoms with E-state index >= 15 is 0 Å².